The van der Waals surface area contributed by atoms with Crippen molar-refractivity contribution in [2.45, 2.75) is 6.54 Å². The van der Waals surface area contributed by atoms with Crippen LogP contribution in [0.4, 0.5) is 8.78 Å². The monoisotopic (exact) mass is 315 g/mol. The summed E-state index contributed by atoms with van der Waals surface area (Å²) in [5, 5.41) is 6.27. The summed E-state index contributed by atoms with van der Waals surface area (Å²) in [6.07, 6.45) is 4.47. The molecule has 0 bridgehead atoms. The number of rotatable bonds is 4. The lowest BCUT2D eigenvalue weighted by atomic mass is 10.1. The topological polar surface area (TPSA) is 68.0 Å². The number of amides is 1. The normalized spacial score (nSPS) is 10.5. The molecule has 0 fully saturated rings. The van der Waals surface area contributed by atoms with Gasteiger partial charge in [-0.15, -0.1) is 0 Å². The number of carbonyl (C=O) groups is 1. The van der Waals surface area contributed by atoms with Crippen LogP contribution in [-0.4, -0.2) is 16.0 Å². The molecule has 0 spiro atoms. The van der Waals surface area contributed by atoms with Crippen LogP contribution in [0.2, 0.25) is 0 Å². The van der Waals surface area contributed by atoms with E-state index in [0.717, 1.165) is 17.7 Å². The Bertz CT molecular complexity index is 834. The summed E-state index contributed by atoms with van der Waals surface area (Å²) in [6.45, 7) is 0.295. The van der Waals surface area contributed by atoms with Crippen molar-refractivity contribution in [3.63, 3.8) is 0 Å². The molecule has 5 nitrogen and oxygen atoms in total. The first-order chi connectivity index (χ1) is 11.1. The van der Waals surface area contributed by atoms with Gasteiger partial charge in [0.1, 0.15) is 5.56 Å². The van der Waals surface area contributed by atoms with E-state index in [-0.39, 0.29) is 16.9 Å². The van der Waals surface area contributed by atoms with Crippen molar-refractivity contribution in [2.75, 3.05) is 0 Å². The predicted octanol–water partition coefficient (Wildman–Crippen LogP) is 2.94. The molecule has 0 radical (unpaired) electrons. The molecule has 2 aromatic heterocycles. The second-order valence-electron chi connectivity index (χ2n) is 4.74. The number of benzene rings is 1. The molecular weight excluding hydrogens is 304 g/mol. The largest absolute Gasteiger partial charge is 0.355 e. The van der Waals surface area contributed by atoms with E-state index < -0.39 is 17.5 Å². The molecule has 1 N–H and O–H groups in total. The van der Waals surface area contributed by atoms with Crippen molar-refractivity contribution in [2.24, 2.45) is 0 Å². The van der Waals surface area contributed by atoms with Gasteiger partial charge in [-0.3, -0.25) is 9.78 Å². The summed E-state index contributed by atoms with van der Waals surface area (Å²) in [5.74, 6) is -2.35. The molecule has 0 unspecified atom stereocenters. The van der Waals surface area contributed by atoms with E-state index in [1.807, 2.05) is 0 Å². The number of carbonyl (C=O) groups excluding carboxylic acids is 1. The molecular formula is C16H11F2N3O2. The summed E-state index contributed by atoms with van der Waals surface area (Å²) < 4.78 is 31.3. The number of hydrogen-bond acceptors (Lipinski definition) is 4. The van der Waals surface area contributed by atoms with Crippen molar-refractivity contribution in [1.82, 2.24) is 15.5 Å². The minimum Gasteiger partial charge on any atom is -0.355 e. The van der Waals surface area contributed by atoms with Gasteiger partial charge in [-0.2, -0.15) is 0 Å². The zero-order chi connectivity index (χ0) is 16.2. The Morgan fingerprint density at radius 2 is 1.91 bits per heavy atom. The highest BCUT2D eigenvalue weighted by atomic mass is 19.2. The molecule has 3 rings (SSSR count). The van der Waals surface area contributed by atoms with Gasteiger partial charge in [0.05, 0.1) is 6.20 Å². The fraction of sp³-hybridized carbons (Fsp3) is 0.0625. The van der Waals surface area contributed by atoms with Gasteiger partial charge < -0.3 is 9.84 Å². The number of aromatic nitrogens is 2. The Hall–Kier alpha value is -3.09. The Kier molecular flexibility index (Phi) is 4.09. The molecule has 2 heterocycles. The number of nitrogens with one attached hydrogen (secondary N) is 1. The molecule has 1 amide bonds. The molecule has 116 valence electrons. The molecule has 23 heavy (non-hydrogen) atoms. The maximum atomic E-state index is 13.3. The predicted molar refractivity (Wildman–Crippen MR) is 77.3 cm³/mol. The smallest absolute Gasteiger partial charge is 0.257 e. The van der Waals surface area contributed by atoms with Gasteiger partial charge in [0.25, 0.3) is 5.91 Å². The average molecular weight is 315 g/mol. The summed E-state index contributed by atoms with van der Waals surface area (Å²) in [5.41, 5.74) is 1.25. The molecule has 0 saturated heterocycles. The van der Waals surface area contributed by atoms with E-state index in [9.17, 15) is 13.6 Å². The lowest BCUT2D eigenvalue weighted by molar-refractivity contribution is 0.0951. The average Bonchev–Trinajstić information content (AvgIpc) is 3.06. The second kappa shape index (κ2) is 6.35. The number of nitrogens with zero attached hydrogens (tertiary/aromatic N) is 2. The van der Waals surface area contributed by atoms with Crippen molar-refractivity contribution in [1.29, 1.82) is 0 Å². The van der Waals surface area contributed by atoms with Gasteiger partial charge >= 0.3 is 0 Å². The third-order valence-corrected chi connectivity index (χ3v) is 3.20. The summed E-state index contributed by atoms with van der Waals surface area (Å²) in [7, 11) is 0. The van der Waals surface area contributed by atoms with Gasteiger partial charge in [0.15, 0.2) is 17.4 Å². The Balaban J connectivity index is 1.80. The highest BCUT2D eigenvalue weighted by Gasteiger charge is 2.18. The Labute approximate surface area is 130 Å². The van der Waals surface area contributed by atoms with Crippen LogP contribution in [0.5, 0.6) is 0 Å². The zero-order valence-electron chi connectivity index (χ0n) is 11.8. The van der Waals surface area contributed by atoms with Crippen molar-refractivity contribution < 1.29 is 18.1 Å². The first-order valence-electron chi connectivity index (χ1n) is 6.72. The fourth-order valence-electron chi connectivity index (χ4n) is 2.03. The highest BCUT2D eigenvalue weighted by Crippen LogP contribution is 2.25. The van der Waals surface area contributed by atoms with Crippen LogP contribution >= 0.6 is 0 Å². The highest BCUT2D eigenvalue weighted by molar-refractivity contribution is 5.99. The zero-order valence-corrected chi connectivity index (χ0v) is 11.8. The van der Waals surface area contributed by atoms with Crippen molar-refractivity contribution >= 4 is 5.91 Å². The maximum absolute atomic E-state index is 13.3. The van der Waals surface area contributed by atoms with E-state index in [0.29, 0.717) is 6.54 Å². The molecule has 1 aromatic carbocycles. The van der Waals surface area contributed by atoms with Gasteiger partial charge in [-0.1, -0.05) is 5.16 Å². The van der Waals surface area contributed by atoms with E-state index >= 15 is 0 Å². The van der Waals surface area contributed by atoms with Crippen LogP contribution in [-0.2, 0) is 6.54 Å². The summed E-state index contributed by atoms with van der Waals surface area (Å²) in [4.78, 5) is 16.1. The molecule has 7 heteroatoms. The van der Waals surface area contributed by atoms with Crippen LogP contribution in [0.15, 0.2) is 53.4 Å². The lowest BCUT2D eigenvalue weighted by Crippen LogP contribution is -2.22. The minimum atomic E-state index is -1.03. The van der Waals surface area contributed by atoms with Crippen LogP contribution in [0, 0.1) is 11.6 Å². The molecule has 3 aromatic rings. The van der Waals surface area contributed by atoms with Crippen molar-refractivity contribution in [3.05, 3.63) is 71.7 Å². The first-order valence-corrected chi connectivity index (χ1v) is 6.72. The standard InChI is InChI=1S/C16H11F2N3O2/c17-13-2-1-11(7-14(13)18)15-12(9-21-23-15)16(22)20-8-10-3-5-19-6-4-10/h1-7,9H,8H2,(H,20,22). The number of hydrogen-bond donors (Lipinski definition) is 1. The van der Waals surface area contributed by atoms with Crippen LogP contribution in [0.25, 0.3) is 11.3 Å². The van der Waals surface area contributed by atoms with E-state index in [1.165, 1.54) is 12.3 Å². The molecule has 0 aliphatic heterocycles. The minimum absolute atomic E-state index is 0.0797. The fourth-order valence-corrected chi connectivity index (χ4v) is 2.03. The van der Waals surface area contributed by atoms with Crippen LogP contribution in [0.3, 0.4) is 0 Å². The Morgan fingerprint density at radius 1 is 1.13 bits per heavy atom. The van der Waals surface area contributed by atoms with Gasteiger partial charge in [0, 0.05) is 24.5 Å². The quantitative estimate of drug-likeness (QED) is 0.804. The molecule has 0 saturated carbocycles. The third-order valence-electron chi connectivity index (χ3n) is 3.20. The SMILES string of the molecule is O=C(NCc1ccncc1)c1cnoc1-c1ccc(F)c(F)c1. The van der Waals surface area contributed by atoms with Crippen LogP contribution < -0.4 is 5.32 Å². The van der Waals surface area contributed by atoms with E-state index in [1.54, 1.807) is 24.5 Å². The summed E-state index contributed by atoms with van der Waals surface area (Å²) >= 11 is 0. The first kappa shape index (κ1) is 14.8. The van der Waals surface area contributed by atoms with Gasteiger partial charge in [0.2, 0.25) is 0 Å². The third kappa shape index (κ3) is 3.23. The van der Waals surface area contributed by atoms with Crippen molar-refractivity contribution in [3.8, 4) is 11.3 Å². The van der Waals surface area contributed by atoms with E-state index in [2.05, 4.69) is 15.5 Å². The number of halogens is 2. The Morgan fingerprint density at radius 3 is 2.65 bits per heavy atom. The summed E-state index contributed by atoms with van der Waals surface area (Å²) in [6, 6.07) is 6.77. The van der Waals surface area contributed by atoms with E-state index in [4.69, 9.17) is 4.52 Å². The van der Waals surface area contributed by atoms with Gasteiger partial charge in [-0.25, -0.2) is 8.78 Å². The number of pyridine rings is 1. The molecule has 0 aliphatic carbocycles. The maximum Gasteiger partial charge on any atom is 0.257 e. The molecule has 0 aliphatic rings. The van der Waals surface area contributed by atoms with Gasteiger partial charge in [-0.05, 0) is 35.9 Å². The van der Waals surface area contributed by atoms with Crippen LogP contribution in [0.1, 0.15) is 15.9 Å². The second-order valence-corrected chi connectivity index (χ2v) is 4.74. The molecule has 0 atom stereocenters. The lowest BCUT2D eigenvalue weighted by Gasteiger charge is -2.05.